The molecular weight excluding hydrogens is 450 g/mol. The van der Waals surface area contributed by atoms with Gasteiger partial charge in [-0.05, 0) is 20.8 Å². The van der Waals surface area contributed by atoms with E-state index < -0.39 is 24.1 Å². The summed E-state index contributed by atoms with van der Waals surface area (Å²) < 4.78 is 10.3. The number of carbonyl (C=O) groups excluding carboxylic acids is 3. The molecule has 174 valence electrons. The van der Waals surface area contributed by atoms with Gasteiger partial charge in [-0.25, -0.2) is 4.79 Å². The minimum Gasteiger partial charge on any atom is -0.427 e. The number of aliphatic imine (C=N–C) groups is 1. The minimum absolute atomic E-state index is 0.00706. The summed E-state index contributed by atoms with van der Waals surface area (Å²) in [4.78, 5) is 46.8. The molecule has 3 atom stereocenters. The van der Waals surface area contributed by atoms with Gasteiger partial charge in [0.15, 0.2) is 5.17 Å². The Kier molecular flexibility index (Phi) is 6.37. The molecule has 4 heterocycles. The highest BCUT2D eigenvalue weighted by atomic mass is 32.2. The van der Waals surface area contributed by atoms with Crippen LogP contribution in [0.15, 0.2) is 28.2 Å². The molecule has 0 aromatic rings. The number of esters is 2. The number of ether oxygens (including phenoxy) is 2. The zero-order valence-electron chi connectivity index (χ0n) is 18.8. The average molecular weight is 480 g/mol. The molecule has 0 aromatic carbocycles. The zero-order valence-corrected chi connectivity index (χ0v) is 20.5. The van der Waals surface area contributed by atoms with Crippen molar-refractivity contribution in [3.63, 3.8) is 0 Å². The van der Waals surface area contributed by atoms with E-state index in [9.17, 15) is 14.4 Å². The van der Waals surface area contributed by atoms with Crippen LogP contribution in [0.3, 0.4) is 0 Å². The Morgan fingerprint density at radius 3 is 2.62 bits per heavy atom. The maximum Gasteiger partial charge on any atom is 0.358 e. The Balaban J connectivity index is 1.45. The number of amidine groups is 1. The van der Waals surface area contributed by atoms with Crippen molar-refractivity contribution in [1.82, 2.24) is 9.80 Å². The van der Waals surface area contributed by atoms with E-state index in [2.05, 4.69) is 16.5 Å². The third-order valence-electron chi connectivity index (χ3n) is 6.01. The van der Waals surface area contributed by atoms with Crippen LogP contribution in [-0.4, -0.2) is 76.3 Å². The second-order valence-electron chi connectivity index (χ2n) is 9.35. The summed E-state index contributed by atoms with van der Waals surface area (Å²) in [5, 5.41) is 1.41. The van der Waals surface area contributed by atoms with Crippen LogP contribution in [-0.2, 0) is 23.9 Å². The molecule has 0 radical (unpaired) electrons. The van der Waals surface area contributed by atoms with Crippen molar-refractivity contribution >= 4 is 46.5 Å². The number of fused-ring (bicyclic) bond motifs is 1. The lowest BCUT2D eigenvalue weighted by atomic mass is 9.82. The SMILES string of the molecule is C=CC1C(=O)N2C(C(=O)OCOC(=O)C(C)(C)C)=C(SC3CN(C4=NCCS4)C3)C(C)C12. The number of rotatable bonds is 6. The topological polar surface area (TPSA) is 88.5 Å². The number of β-lactam (4-membered cyclic amide) rings is 1. The molecule has 1 amide bonds. The van der Waals surface area contributed by atoms with Crippen molar-refractivity contribution in [1.29, 1.82) is 0 Å². The normalized spacial score (nSPS) is 27.6. The van der Waals surface area contributed by atoms with Crippen molar-refractivity contribution in [3.8, 4) is 0 Å². The Morgan fingerprint density at radius 1 is 1.31 bits per heavy atom. The summed E-state index contributed by atoms with van der Waals surface area (Å²) in [6, 6.07) is -0.117. The van der Waals surface area contributed by atoms with Crippen molar-refractivity contribution in [2.45, 2.75) is 39.0 Å². The Bertz CT molecular complexity index is 904. The minimum atomic E-state index is -0.692. The van der Waals surface area contributed by atoms with Gasteiger partial charge in [0.2, 0.25) is 12.7 Å². The van der Waals surface area contributed by atoms with E-state index in [0.29, 0.717) is 5.25 Å². The summed E-state index contributed by atoms with van der Waals surface area (Å²) >= 11 is 3.42. The van der Waals surface area contributed by atoms with E-state index >= 15 is 0 Å². The number of amides is 1. The van der Waals surface area contributed by atoms with Crippen LogP contribution >= 0.6 is 23.5 Å². The molecule has 32 heavy (non-hydrogen) atoms. The van der Waals surface area contributed by atoms with E-state index in [4.69, 9.17) is 9.47 Å². The third-order valence-corrected chi connectivity index (χ3v) is 8.49. The van der Waals surface area contributed by atoms with Gasteiger partial charge in [-0.1, -0.05) is 24.8 Å². The standard InChI is InChI=1S/C22H29N3O5S2/c1-6-14-15-12(2)17(32-13-9-24(10-13)21-23-7-8-31-21)16(25(15)18(14)26)19(27)29-11-30-20(28)22(3,4)5/h6,12-15H,1,7-11H2,2-5H3. The van der Waals surface area contributed by atoms with E-state index in [1.807, 2.05) is 6.92 Å². The van der Waals surface area contributed by atoms with Crippen molar-refractivity contribution < 1.29 is 23.9 Å². The summed E-state index contributed by atoms with van der Waals surface area (Å²) in [5.74, 6) is -0.493. The van der Waals surface area contributed by atoms with Gasteiger partial charge in [0.25, 0.3) is 0 Å². The molecule has 4 rings (SSSR count). The average Bonchev–Trinajstić information content (AvgIpc) is 3.29. The van der Waals surface area contributed by atoms with Crippen LogP contribution in [0.2, 0.25) is 0 Å². The lowest BCUT2D eigenvalue weighted by Crippen LogP contribution is -2.59. The van der Waals surface area contributed by atoms with E-state index in [1.165, 1.54) is 0 Å². The van der Waals surface area contributed by atoms with E-state index in [0.717, 1.165) is 35.5 Å². The van der Waals surface area contributed by atoms with Crippen LogP contribution in [0.25, 0.3) is 0 Å². The second kappa shape index (κ2) is 8.78. The first-order valence-electron chi connectivity index (χ1n) is 10.8. The summed E-state index contributed by atoms with van der Waals surface area (Å²) in [6.45, 7) is 13.1. The highest BCUT2D eigenvalue weighted by Gasteiger charge is 2.58. The predicted octanol–water partition coefficient (Wildman–Crippen LogP) is 2.47. The number of carbonyl (C=O) groups is 3. The van der Waals surface area contributed by atoms with Crippen LogP contribution in [0, 0.1) is 17.3 Å². The maximum absolute atomic E-state index is 13.0. The van der Waals surface area contributed by atoms with Crippen LogP contribution in [0.1, 0.15) is 27.7 Å². The highest BCUT2D eigenvalue weighted by Crippen LogP contribution is 2.51. The summed E-state index contributed by atoms with van der Waals surface area (Å²) in [7, 11) is 0. The molecule has 4 aliphatic heterocycles. The Hall–Kier alpha value is -1.94. The van der Waals surface area contributed by atoms with E-state index in [1.54, 1.807) is 55.3 Å². The van der Waals surface area contributed by atoms with Crippen LogP contribution < -0.4 is 0 Å². The molecule has 0 spiro atoms. The number of likely N-dealkylation sites (tertiary alicyclic amines) is 1. The first-order valence-corrected chi connectivity index (χ1v) is 12.6. The molecule has 0 saturated carbocycles. The summed E-state index contributed by atoms with van der Waals surface area (Å²) in [6.07, 6.45) is 1.65. The molecule has 0 aromatic heterocycles. The number of nitrogens with zero attached hydrogens (tertiary/aromatic N) is 3. The third kappa shape index (κ3) is 4.07. The van der Waals surface area contributed by atoms with Crippen molar-refractivity contribution in [3.05, 3.63) is 23.3 Å². The molecule has 4 aliphatic rings. The molecular formula is C22H29N3O5S2. The molecule has 0 aliphatic carbocycles. The molecule has 10 heteroatoms. The lowest BCUT2D eigenvalue weighted by molar-refractivity contribution is -0.173. The fourth-order valence-corrected chi connectivity index (χ4v) is 6.60. The molecule has 3 unspecified atom stereocenters. The van der Waals surface area contributed by atoms with Crippen molar-refractivity contribution in [2.75, 3.05) is 32.2 Å². The first-order chi connectivity index (χ1) is 15.1. The summed E-state index contributed by atoms with van der Waals surface area (Å²) in [5.41, 5.74) is -0.407. The van der Waals surface area contributed by atoms with Gasteiger partial charge >= 0.3 is 11.9 Å². The molecule has 2 saturated heterocycles. The lowest BCUT2D eigenvalue weighted by Gasteiger charge is -2.44. The largest absolute Gasteiger partial charge is 0.427 e. The Morgan fingerprint density at radius 2 is 2.03 bits per heavy atom. The van der Waals surface area contributed by atoms with Gasteiger partial charge in [-0.2, -0.15) is 0 Å². The zero-order chi connectivity index (χ0) is 23.2. The van der Waals surface area contributed by atoms with Gasteiger partial charge in [0.05, 0.1) is 23.9 Å². The fourth-order valence-electron chi connectivity index (χ4n) is 4.20. The smallest absolute Gasteiger partial charge is 0.358 e. The highest BCUT2D eigenvalue weighted by molar-refractivity contribution is 8.14. The number of hydrogen-bond acceptors (Lipinski definition) is 9. The second-order valence-corrected chi connectivity index (χ2v) is 11.8. The van der Waals surface area contributed by atoms with Crippen LogP contribution in [0.5, 0.6) is 0 Å². The van der Waals surface area contributed by atoms with Gasteiger partial charge in [0, 0.05) is 34.9 Å². The predicted molar refractivity (Wildman–Crippen MR) is 125 cm³/mol. The van der Waals surface area contributed by atoms with Crippen LogP contribution in [0.4, 0.5) is 0 Å². The van der Waals surface area contributed by atoms with Gasteiger partial charge in [0.1, 0.15) is 5.70 Å². The Labute approximate surface area is 196 Å². The van der Waals surface area contributed by atoms with E-state index in [-0.39, 0.29) is 29.5 Å². The van der Waals surface area contributed by atoms with Crippen molar-refractivity contribution in [2.24, 2.45) is 22.2 Å². The molecule has 8 nitrogen and oxygen atoms in total. The number of thioether (sulfide) groups is 2. The molecule has 0 N–H and O–H groups in total. The van der Waals surface area contributed by atoms with Gasteiger partial charge in [-0.3, -0.25) is 19.5 Å². The maximum atomic E-state index is 13.0. The first kappa shape index (κ1) is 23.2. The van der Waals surface area contributed by atoms with Gasteiger partial charge < -0.3 is 14.4 Å². The monoisotopic (exact) mass is 479 g/mol. The number of hydrogen-bond donors (Lipinski definition) is 0. The quantitative estimate of drug-likeness (QED) is 0.248. The van der Waals surface area contributed by atoms with Gasteiger partial charge in [-0.15, -0.1) is 18.3 Å². The molecule has 2 fully saturated rings. The molecule has 0 bridgehead atoms. The fraction of sp³-hybridized carbons (Fsp3) is 0.636.